The number of hydrogen-bond acceptors (Lipinski definition) is 2. The third-order valence-corrected chi connectivity index (χ3v) is 11.6. The first kappa shape index (κ1) is 21.5. The maximum atomic E-state index is 6.33. The van der Waals surface area contributed by atoms with Gasteiger partial charge in [-0.2, -0.15) is 0 Å². The van der Waals surface area contributed by atoms with Gasteiger partial charge < -0.3 is 9.47 Å². The number of ether oxygens (including phenoxy) is 2. The van der Waals surface area contributed by atoms with Gasteiger partial charge in [-0.25, -0.2) is 0 Å². The van der Waals surface area contributed by atoms with Crippen LogP contribution in [0.4, 0.5) is 0 Å². The summed E-state index contributed by atoms with van der Waals surface area (Å²) >= 11 is 0. The smallest absolute Gasteiger partial charge is 0.203 e. The van der Waals surface area contributed by atoms with E-state index in [9.17, 15) is 0 Å². The van der Waals surface area contributed by atoms with Gasteiger partial charge in [0.1, 0.15) is 0 Å². The first-order chi connectivity index (χ1) is 16.8. The minimum absolute atomic E-state index is 0.0765. The molecule has 4 aromatic rings. The number of rotatable bonds is 6. The standard InChI is InChI=1S/C30H26O2S2/c1-2-3-12-22(34-29-19-10-6-15-25(29)32-26-16-7-11-20-30(26)34)21-33-27-17-8-4-13-23(27)31-24-14-5-9-18-28(24)33/h2,4-11,13-20,22H,1,3,12,21H2/q+2. The van der Waals surface area contributed by atoms with Crippen LogP contribution in [0.5, 0.6) is 23.0 Å². The van der Waals surface area contributed by atoms with Crippen molar-refractivity contribution in [1.82, 2.24) is 0 Å². The molecule has 2 nitrogen and oxygen atoms in total. The van der Waals surface area contributed by atoms with E-state index in [1.807, 2.05) is 0 Å². The van der Waals surface area contributed by atoms with Crippen LogP contribution in [0.2, 0.25) is 0 Å². The minimum atomic E-state index is -0.0957. The average Bonchev–Trinajstić information content (AvgIpc) is 2.89. The van der Waals surface area contributed by atoms with Gasteiger partial charge in [0.2, 0.25) is 19.6 Å². The van der Waals surface area contributed by atoms with Crippen molar-refractivity contribution in [2.24, 2.45) is 0 Å². The fourth-order valence-electron chi connectivity index (χ4n) is 4.68. The van der Waals surface area contributed by atoms with Crippen molar-refractivity contribution in [3.8, 4) is 23.0 Å². The highest BCUT2D eigenvalue weighted by Crippen LogP contribution is 2.49. The van der Waals surface area contributed by atoms with Crippen molar-refractivity contribution >= 4 is 21.8 Å². The lowest BCUT2D eigenvalue weighted by Gasteiger charge is -2.26. The van der Waals surface area contributed by atoms with Crippen LogP contribution in [0.3, 0.4) is 0 Å². The van der Waals surface area contributed by atoms with Crippen molar-refractivity contribution in [2.75, 3.05) is 5.75 Å². The van der Waals surface area contributed by atoms with E-state index in [1.165, 1.54) is 19.6 Å². The predicted molar refractivity (Wildman–Crippen MR) is 142 cm³/mol. The Morgan fingerprint density at radius 1 is 0.618 bits per heavy atom. The van der Waals surface area contributed by atoms with Crippen molar-refractivity contribution in [3.63, 3.8) is 0 Å². The molecule has 2 aliphatic heterocycles. The van der Waals surface area contributed by atoms with Crippen LogP contribution < -0.4 is 9.47 Å². The van der Waals surface area contributed by atoms with Crippen LogP contribution in [0.25, 0.3) is 0 Å². The van der Waals surface area contributed by atoms with Gasteiger partial charge >= 0.3 is 0 Å². The molecule has 0 saturated carbocycles. The van der Waals surface area contributed by atoms with Gasteiger partial charge in [-0.1, -0.05) is 54.6 Å². The molecular formula is C30H26O2S2+2. The zero-order valence-corrected chi connectivity index (χ0v) is 20.5. The van der Waals surface area contributed by atoms with Gasteiger partial charge in [-0.15, -0.1) is 6.58 Å². The largest absolute Gasteiger partial charge is 0.447 e. The highest BCUT2D eigenvalue weighted by molar-refractivity contribution is 8.01. The van der Waals surface area contributed by atoms with Crippen molar-refractivity contribution < 1.29 is 9.47 Å². The molecule has 0 fully saturated rings. The molecule has 4 heteroatoms. The third-order valence-electron chi connectivity index (χ3n) is 6.22. The maximum absolute atomic E-state index is 6.33. The van der Waals surface area contributed by atoms with E-state index in [1.54, 1.807) is 0 Å². The van der Waals surface area contributed by atoms with Crippen LogP contribution in [0.15, 0.2) is 129 Å². The molecule has 1 unspecified atom stereocenters. The van der Waals surface area contributed by atoms with E-state index in [2.05, 4.69) is 110 Å². The lowest BCUT2D eigenvalue weighted by molar-refractivity contribution is 0.451. The van der Waals surface area contributed by atoms with Gasteiger partial charge in [0.25, 0.3) is 0 Å². The van der Waals surface area contributed by atoms with Gasteiger partial charge in [0, 0.05) is 6.42 Å². The zero-order valence-electron chi connectivity index (χ0n) is 18.9. The molecule has 0 bridgehead atoms. The monoisotopic (exact) mass is 482 g/mol. The summed E-state index contributed by atoms with van der Waals surface area (Å²) in [5.41, 5.74) is 0. The summed E-state index contributed by atoms with van der Waals surface area (Å²) in [6, 6.07) is 34.2. The van der Waals surface area contributed by atoms with Crippen LogP contribution >= 0.6 is 0 Å². The highest BCUT2D eigenvalue weighted by Gasteiger charge is 2.49. The van der Waals surface area contributed by atoms with E-state index in [4.69, 9.17) is 9.47 Å². The number of fused-ring (bicyclic) bond motifs is 4. The summed E-state index contributed by atoms with van der Waals surface area (Å²) in [7, 11) is -0.172. The second-order valence-electron chi connectivity index (χ2n) is 8.37. The maximum Gasteiger partial charge on any atom is 0.203 e. The predicted octanol–water partition coefficient (Wildman–Crippen LogP) is 8.01. The van der Waals surface area contributed by atoms with E-state index in [0.717, 1.165) is 41.6 Å². The lowest BCUT2D eigenvalue weighted by atomic mass is 10.2. The van der Waals surface area contributed by atoms with Gasteiger partial charge in [0.05, 0.1) is 21.8 Å². The molecule has 0 radical (unpaired) electrons. The molecule has 0 aliphatic carbocycles. The van der Waals surface area contributed by atoms with Gasteiger partial charge in [-0.3, -0.25) is 0 Å². The normalized spacial score (nSPS) is 15.1. The Bertz CT molecular complexity index is 1260. The lowest BCUT2D eigenvalue weighted by Crippen LogP contribution is -2.33. The molecule has 34 heavy (non-hydrogen) atoms. The molecule has 0 aromatic heterocycles. The number of benzene rings is 4. The van der Waals surface area contributed by atoms with Crippen molar-refractivity contribution in [3.05, 3.63) is 110 Å². The van der Waals surface area contributed by atoms with Crippen LogP contribution in [0.1, 0.15) is 12.8 Å². The molecule has 0 spiro atoms. The van der Waals surface area contributed by atoms with E-state index in [0.29, 0.717) is 5.25 Å². The van der Waals surface area contributed by atoms with E-state index < -0.39 is 0 Å². The zero-order chi connectivity index (χ0) is 22.9. The van der Waals surface area contributed by atoms with Crippen LogP contribution in [-0.4, -0.2) is 11.0 Å². The van der Waals surface area contributed by atoms with Crippen LogP contribution in [0, 0.1) is 0 Å². The second-order valence-corrected chi connectivity index (χ2v) is 12.6. The minimum Gasteiger partial charge on any atom is -0.447 e. The topological polar surface area (TPSA) is 18.5 Å². The molecule has 168 valence electrons. The molecule has 2 aliphatic rings. The van der Waals surface area contributed by atoms with Crippen molar-refractivity contribution in [2.45, 2.75) is 37.7 Å². The summed E-state index contributed by atoms with van der Waals surface area (Å²) in [6.07, 6.45) is 4.14. The van der Waals surface area contributed by atoms with Crippen molar-refractivity contribution in [1.29, 1.82) is 0 Å². The average molecular weight is 483 g/mol. The fraction of sp³-hybridized carbons (Fsp3) is 0.133. The number of para-hydroxylation sites is 4. The third kappa shape index (κ3) is 3.81. The number of hydrogen-bond donors (Lipinski definition) is 0. The van der Waals surface area contributed by atoms with Crippen LogP contribution in [-0.2, 0) is 21.8 Å². The van der Waals surface area contributed by atoms with E-state index in [-0.39, 0.29) is 21.8 Å². The first-order valence-electron chi connectivity index (χ1n) is 11.6. The second kappa shape index (κ2) is 9.28. The summed E-state index contributed by atoms with van der Waals surface area (Å²) < 4.78 is 12.6. The summed E-state index contributed by atoms with van der Waals surface area (Å²) in [6.45, 7) is 4.05. The Kier molecular flexibility index (Phi) is 5.86. The molecular weight excluding hydrogens is 456 g/mol. The molecule has 4 aromatic carbocycles. The first-order valence-corrected chi connectivity index (χ1v) is 14.3. The van der Waals surface area contributed by atoms with Gasteiger partial charge in [-0.05, 0) is 55.0 Å². The SMILES string of the molecule is C=CCCC(C[S+]1c2ccccc2Oc2ccccc21)[S+]1c2ccccc2Oc2ccccc21. The fourth-order valence-corrected chi connectivity index (χ4v) is 10.4. The molecule has 1 atom stereocenters. The molecule has 0 N–H and O–H groups in total. The Balaban J connectivity index is 1.47. The summed E-state index contributed by atoms with van der Waals surface area (Å²) in [4.78, 5) is 5.24. The van der Waals surface area contributed by atoms with Gasteiger partial charge in [0.15, 0.2) is 34.0 Å². The quantitative estimate of drug-likeness (QED) is 0.205. The molecule has 0 amide bonds. The molecule has 0 saturated heterocycles. The molecule has 6 rings (SSSR count). The number of allylic oxidation sites excluding steroid dienone is 1. The Morgan fingerprint density at radius 2 is 1.03 bits per heavy atom. The molecule has 2 heterocycles. The Hall–Kier alpha value is -3.08. The summed E-state index contributed by atoms with van der Waals surface area (Å²) in [5.74, 6) is 5.02. The summed E-state index contributed by atoms with van der Waals surface area (Å²) in [5, 5.41) is 0.451. The van der Waals surface area contributed by atoms with E-state index >= 15 is 0 Å². The Labute approximate surface area is 207 Å². The highest BCUT2D eigenvalue weighted by atomic mass is 32.2. The Morgan fingerprint density at radius 3 is 1.50 bits per heavy atom.